The standard InChI is InChI=1S/C15H14ClNO3S2/c1-22(19,20)12-7-8-13(16)14(9-12)17-15(18)10-21-11-5-3-2-4-6-11/h2-9H,10H2,1H3,(H,17,18). The van der Waals surface area contributed by atoms with Gasteiger partial charge in [0, 0.05) is 11.2 Å². The fourth-order valence-electron chi connectivity index (χ4n) is 1.68. The lowest BCUT2D eigenvalue weighted by Gasteiger charge is -2.09. The smallest absolute Gasteiger partial charge is 0.234 e. The molecule has 0 aliphatic rings. The summed E-state index contributed by atoms with van der Waals surface area (Å²) in [6.45, 7) is 0. The SMILES string of the molecule is CS(=O)(=O)c1ccc(Cl)c(NC(=O)CSc2ccccc2)c1. The van der Waals surface area contributed by atoms with Crippen LogP contribution in [-0.2, 0) is 14.6 Å². The molecule has 0 aliphatic heterocycles. The average molecular weight is 356 g/mol. The predicted molar refractivity (Wildman–Crippen MR) is 90.4 cm³/mol. The first kappa shape index (κ1) is 16.9. The number of rotatable bonds is 5. The van der Waals surface area contributed by atoms with E-state index >= 15 is 0 Å². The van der Waals surface area contributed by atoms with Gasteiger partial charge < -0.3 is 5.32 Å². The van der Waals surface area contributed by atoms with Gasteiger partial charge in [0.25, 0.3) is 0 Å². The molecule has 0 spiro atoms. The number of benzene rings is 2. The number of anilines is 1. The lowest BCUT2D eigenvalue weighted by Crippen LogP contribution is -2.14. The zero-order valence-electron chi connectivity index (χ0n) is 11.7. The molecule has 0 saturated heterocycles. The van der Waals surface area contributed by atoms with Crippen molar-refractivity contribution in [3.05, 3.63) is 53.6 Å². The summed E-state index contributed by atoms with van der Waals surface area (Å²) in [7, 11) is -3.35. The van der Waals surface area contributed by atoms with Gasteiger partial charge in [-0.15, -0.1) is 11.8 Å². The van der Waals surface area contributed by atoms with Crippen LogP contribution in [-0.4, -0.2) is 26.3 Å². The van der Waals surface area contributed by atoms with Gasteiger partial charge in [-0.05, 0) is 30.3 Å². The molecule has 0 fully saturated rings. The highest BCUT2D eigenvalue weighted by molar-refractivity contribution is 8.00. The molecule has 1 N–H and O–H groups in total. The van der Waals surface area contributed by atoms with E-state index in [1.165, 1.54) is 30.0 Å². The summed E-state index contributed by atoms with van der Waals surface area (Å²) < 4.78 is 23.1. The number of hydrogen-bond donors (Lipinski definition) is 1. The molecule has 0 saturated carbocycles. The third kappa shape index (κ3) is 4.76. The van der Waals surface area contributed by atoms with E-state index in [0.717, 1.165) is 11.2 Å². The second-order valence-electron chi connectivity index (χ2n) is 4.56. The molecule has 116 valence electrons. The highest BCUT2D eigenvalue weighted by atomic mass is 35.5. The van der Waals surface area contributed by atoms with E-state index in [1.807, 2.05) is 30.3 Å². The van der Waals surface area contributed by atoms with Crippen LogP contribution >= 0.6 is 23.4 Å². The zero-order valence-corrected chi connectivity index (χ0v) is 14.1. The topological polar surface area (TPSA) is 63.2 Å². The summed E-state index contributed by atoms with van der Waals surface area (Å²) in [5, 5.41) is 2.93. The van der Waals surface area contributed by atoms with Crippen LogP contribution in [0.3, 0.4) is 0 Å². The number of sulfone groups is 1. The summed E-state index contributed by atoms with van der Waals surface area (Å²) in [6, 6.07) is 13.7. The van der Waals surface area contributed by atoms with Crippen LogP contribution < -0.4 is 5.32 Å². The van der Waals surface area contributed by atoms with Gasteiger partial charge in [0.05, 0.1) is 21.4 Å². The number of thioether (sulfide) groups is 1. The van der Waals surface area contributed by atoms with Crippen LogP contribution in [0.15, 0.2) is 58.3 Å². The second kappa shape index (κ2) is 7.17. The maximum absolute atomic E-state index is 12.0. The Morgan fingerprint density at radius 3 is 2.50 bits per heavy atom. The fourth-order valence-corrected chi connectivity index (χ4v) is 3.21. The van der Waals surface area contributed by atoms with Gasteiger partial charge in [0.2, 0.25) is 5.91 Å². The van der Waals surface area contributed by atoms with Crippen LogP contribution in [0.5, 0.6) is 0 Å². The minimum Gasteiger partial charge on any atom is -0.324 e. The molecule has 22 heavy (non-hydrogen) atoms. The number of amides is 1. The van der Waals surface area contributed by atoms with Crippen molar-refractivity contribution in [3.8, 4) is 0 Å². The van der Waals surface area contributed by atoms with Crippen LogP contribution in [0.2, 0.25) is 5.02 Å². The molecule has 4 nitrogen and oxygen atoms in total. The summed E-state index contributed by atoms with van der Waals surface area (Å²) in [5.41, 5.74) is 0.295. The maximum Gasteiger partial charge on any atom is 0.234 e. The highest BCUT2D eigenvalue weighted by Gasteiger charge is 2.12. The molecule has 0 radical (unpaired) electrons. The summed E-state index contributed by atoms with van der Waals surface area (Å²) in [5.74, 6) is -0.0369. The molecule has 7 heteroatoms. The van der Waals surface area contributed by atoms with Crippen LogP contribution in [0.4, 0.5) is 5.69 Å². The molecule has 1 amide bonds. The van der Waals surface area contributed by atoms with Crippen molar-refractivity contribution < 1.29 is 13.2 Å². The Balaban J connectivity index is 2.05. The van der Waals surface area contributed by atoms with Crippen LogP contribution in [0, 0.1) is 0 Å². The van der Waals surface area contributed by atoms with Crippen molar-refractivity contribution in [2.24, 2.45) is 0 Å². The predicted octanol–water partition coefficient (Wildman–Crippen LogP) is 3.47. The number of carbonyl (C=O) groups is 1. The molecule has 2 aromatic rings. The van der Waals surface area contributed by atoms with E-state index in [-0.39, 0.29) is 16.6 Å². The average Bonchev–Trinajstić information content (AvgIpc) is 2.47. The number of hydrogen-bond acceptors (Lipinski definition) is 4. The Morgan fingerprint density at radius 2 is 1.86 bits per heavy atom. The zero-order chi connectivity index (χ0) is 16.2. The summed E-state index contributed by atoms with van der Waals surface area (Å²) in [4.78, 5) is 13.1. The van der Waals surface area contributed by atoms with Gasteiger partial charge in [-0.3, -0.25) is 4.79 Å². The van der Waals surface area contributed by atoms with Crippen molar-refractivity contribution in [2.45, 2.75) is 9.79 Å². The molecule has 0 atom stereocenters. The van der Waals surface area contributed by atoms with Gasteiger partial charge in [-0.1, -0.05) is 29.8 Å². The Bertz CT molecular complexity index is 777. The number of halogens is 1. The van der Waals surface area contributed by atoms with Crippen LogP contribution in [0.1, 0.15) is 0 Å². The quantitative estimate of drug-likeness (QED) is 0.834. The number of nitrogens with one attached hydrogen (secondary N) is 1. The van der Waals surface area contributed by atoms with Crippen molar-refractivity contribution in [1.82, 2.24) is 0 Å². The molecular formula is C15H14ClNO3S2. The molecule has 0 aromatic heterocycles. The van der Waals surface area contributed by atoms with E-state index in [4.69, 9.17) is 11.6 Å². The third-order valence-electron chi connectivity index (χ3n) is 2.75. The lowest BCUT2D eigenvalue weighted by molar-refractivity contribution is -0.113. The van der Waals surface area contributed by atoms with E-state index in [0.29, 0.717) is 10.7 Å². The minimum atomic E-state index is -3.35. The largest absolute Gasteiger partial charge is 0.324 e. The van der Waals surface area contributed by atoms with E-state index < -0.39 is 9.84 Å². The van der Waals surface area contributed by atoms with Crippen molar-refractivity contribution in [3.63, 3.8) is 0 Å². The van der Waals surface area contributed by atoms with E-state index in [9.17, 15) is 13.2 Å². The molecule has 2 aromatic carbocycles. The van der Waals surface area contributed by atoms with E-state index in [2.05, 4.69) is 5.32 Å². The van der Waals surface area contributed by atoms with Crippen molar-refractivity contribution in [1.29, 1.82) is 0 Å². The lowest BCUT2D eigenvalue weighted by atomic mass is 10.3. The molecule has 0 unspecified atom stereocenters. The monoisotopic (exact) mass is 355 g/mol. The molecular weight excluding hydrogens is 342 g/mol. The molecule has 2 rings (SSSR count). The van der Waals surface area contributed by atoms with Gasteiger partial charge in [-0.2, -0.15) is 0 Å². The minimum absolute atomic E-state index is 0.114. The first-order valence-corrected chi connectivity index (χ1v) is 9.59. The highest BCUT2D eigenvalue weighted by Crippen LogP contribution is 2.26. The van der Waals surface area contributed by atoms with Crippen LogP contribution in [0.25, 0.3) is 0 Å². The van der Waals surface area contributed by atoms with Gasteiger partial charge >= 0.3 is 0 Å². The molecule has 0 heterocycles. The molecule has 0 bridgehead atoms. The third-order valence-corrected chi connectivity index (χ3v) is 5.21. The first-order chi connectivity index (χ1) is 10.4. The Morgan fingerprint density at radius 1 is 1.18 bits per heavy atom. The summed E-state index contributed by atoms with van der Waals surface area (Å²) in [6.07, 6.45) is 1.10. The Kier molecular flexibility index (Phi) is 5.50. The normalized spacial score (nSPS) is 11.2. The number of carbonyl (C=O) groups excluding carboxylic acids is 1. The first-order valence-electron chi connectivity index (χ1n) is 6.33. The molecule has 0 aliphatic carbocycles. The van der Waals surface area contributed by atoms with E-state index in [1.54, 1.807) is 0 Å². The maximum atomic E-state index is 12.0. The van der Waals surface area contributed by atoms with Crippen molar-refractivity contribution in [2.75, 3.05) is 17.3 Å². The summed E-state index contributed by atoms with van der Waals surface area (Å²) >= 11 is 7.38. The van der Waals surface area contributed by atoms with Gasteiger partial charge in [0.1, 0.15) is 0 Å². The van der Waals surface area contributed by atoms with Crippen molar-refractivity contribution >= 4 is 44.8 Å². The van der Waals surface area contributed by atoms with Gasteiger partial charge in [-0.25, -0.2) is 8.42 Å². The fraction of sp³-hybridized carbons (Fsp3) is 0.133. The second-order valence-corrected chi connectivity index (χ2v) is 8.04. The van der Waals surface area contributed by atoms with Gasteiger partial charge in [0.15, 0.2) is 9.84 Å². The Labute approximate surface area is 138 Å². The Hall–Kier alpha value is -1.50.